The zero-order valence-corrected chi connectivity index (χ0v) is 22.7. The van der Waals surface area contributed by atoms with Gasteiger partial charge in [-0.05, 0) is 42.7 Å². The van der Waals surface area contributed by atoms with Crippen LogP contribution in [0.5, 0.6) is 5.75 Å². The number of rotatable bonds is 13. The number of ether oxygens (including phenoxy) is 1. The zero-order valence-electron chi connectivity index (χ0n) is 21.8. The largest absolute Gasteiger partial charge is 0.493 e. The number of sulfone groups is 1. The SMILES string of the molecule is CS(=O)(=O)c1cc(OCCCN(CCc2ccc(F)cc2)Cc2cccc(C(F)(F)F)c2F)cc(F)c1CC(=O)O. The van der Waals surface area contributed by atoms with E-state index in [9.17, 15) is 39.6 Å². The summed E-state index contributed by atoms with van der Waals surface area (Å²) in [6, 6.07) is 10.6. The van der Waals surface area contributed by atoms with Gasteiger partial charge in [-0.25, -0.2) is 21.6 Å². The van der Waals surface area contributed by atoms with Gasteiger partial charge in [0.2, 0.25) is 0 Å². The summed E-state index contributed by atoms with van der Waals surface area (Å²) in [5.41, 5.74) is -1.30. The van der Waals surface area contributed by atoms with E-state index in [-0.39, 0.29) is 44.0 Å². The zero-order chi connectivity index (χ0) is 30.4. The Labute approximate surface area is 233 Å². The summed E-state index contributed by atoms with van der Waals surface area (Å²) >= 11 is 0. The Morgan fingerprint density at radius 3 is 2.29 bits per heavy atom. The minimum absolute atomic E-state index is 0.0704. The lowest BCUT2D eigenvalue weighted by Gasteiger charge is -2.23. The fourth-order valence-corrected chi connectivity index (χ4v) is 5.12. The summed E-state index contributed by atoms with van der Waals surface area (Å²) in [6.45, 7) is 0.236. The van der Waals surface area contributed by atoms with Crippen molar-refractivity contribution in [3.63, 3.8) is 0 Å². The molecule has 3 rings (SSSR count). The van der Waals surface area contributed by atoms with Crippen LogP contribution in [0.2, 0.25) is 0 Å². The lowest BCUT2D eigenvalue weighted by atomic mass is 10.1. The first-order valence-corrected chi connectivity index (χ1v) is 14.2. The van der Waals surface area contributed by atoms with Gasteiger partial charge in [0.25, 0.3) is 0 Å². The average Bonchev–Trinajstić information content (AvgIpc) is 2.86. The quantitative estimate of drug-likeness (QED) is 0.200. The molecule has 0 aliphatic heterocycles. The minimum atomic E-state index is -4.87. The molecule has 0 saturated heterocycles. The maximum atomic E-state index is 14.7. The third-order valence-electron chi connectivity index (χ3n) is 6.15. The van der Waals surface area contributed by atoms with E-state index in [2.05, 4.69) is 0 Å². The van der Waals surface area contributed by atoms with Gasteiger partial charge in [0, 0.05) is 43.1 Å². The maximum absolute atomic E-state index is 14.7. The van der Waals surface area contributed by atoms with E-state index in [1.54, 1.807) is 17.0 Å². The second-order valence-electron chi connectivity index (χ2n) is 9.36. The second-order valence-corrected chi connectivity index (χ2v) is 11.3. The first-order chi connectivity index (χ1) is 19.1. The van der Waals surface area contributed by atoms with Crippen LogP contribution in [-0.4, -0.2) is 50.3 Å². The van der Waals surface area contributed by atoms with Crippen LogP contribution in [0.15, 0.2) is 59.5 Å². The Morgan fingerprint density at radius 1 is 1.00 bits per heavy atom. The van der Waals surface area contributed by atoms with Crippen molar-refractivity contribution in [2.45, 2.75) is 36.9 Å². The van der Waals surface area contributed by atoms with Crippen molar-refractivity contribution in [2.24, 2.45) is 0 Å². The van der Waals surface area contributed by atoms with Crippen LogP contribution >= 0.6 is 0 Å². The van der Waals surface area contributed by atoms with Gasteiger partial charge >= 0.3 is 12.1 Å². The number of benzene rings is 3. The molecular weight excluding hydrogens is 576 g/mol. The van der Waals surface area contributed by atoms with E-state index < -0.39 is 61.9 Å². The highest BCUT2D eigenvalue weighted by molar-refractivity contribution is 7.90. The van der Waals surface area contributed by atoms with Gasteiger partial charge in [-0.3, -0.25) is 9.69 Å². The highest BCUT2D eigenvalue weighted by Gasteiger charge is 2.35. The summed E-state index contributed by atoms with van der Waals surface area (Å²) in [5.74, 6) is -4.45. The smallest absolute Gasteiger partial charge is 0.419 e. The Balaban J connectivity index is 1.74. The lowest BCUT2D eigenvalue weighted by Crippen LogP contribution is -2.28. The van der Waals surface area contributed by atoms with Crippen molar-refractivity contribution in [1.82, 2.24) is 4.90 Å². The molecule has 1 N–H and O–H groups in total. The summed E-state index contributed by atoms with van der Waals surface area (Å²) in [5, 5.41) is 8.99. The van der Waals surface area contributed by atoms with Crippen LogP contribution in [0.25, 0.3) is 0 Å². The number of carboxylic acids is 1. The van der Waals surface area contributed by atoms with Gasteiger partial charge in [0.1, 0.15) is 23.2 Å². The topological polar surface area (TPSA) is 83.9 Å². The first-order valence-electron chi connectivity index (χ1n) is 12.3. The molecule has 0 aliphatic rings. The van der Waals surface area contributed by atoms with E-state index in [0.29, 0.717) is 12.5 Å². The van der Waals surface area contributed by atoms with Gasteiger partial charge in [-0.1, -0.05) is 24.3 Å². The normalized spacial score (nSPS) is 12.1. The molecule has 0 saturated carbocycles. The fourth-order valence-electron chi connectivity index (χ4n) is 4.17. The maximum Gasteiger partial charge on any atom is 0.419 e. The first kappa shape index (κ1) is 31.9. The van der Waals surface area contributed by atoms with Gasteiger partial charge in [-0.2, -0.15) is 13.2 Å². The van der Waals surface area contributed by atoms with Crippen molar-refractivity contribution in [2.75, 3.05) is 26.0 Å². The van der Waals surface area contributed by atoms with Crippen molar-refractivity contribution >= 4 is 15.8 Å². The number of alkyl halides is 3. The molecule has 3 aromatic carbocycles. The molecule has 0 heterocycles. The van der Waals surface area contributed by atoms with E-state index in [1.807, 2.05) is 0 Å². The Bertz CT molecular complexity index is 1480. The average molecular weight is 604 g/mol. The van der Waals surface area contributed by atoms with Crippen molar-refractivity contribution < 1.29 is 49.4 Å². The van der Waals surface area contributed by atoms with Crippen molar-refractivity contribution in [3.8, 4) is 5.75 Å². The molecule has 6 nitrogen and oxygen atoms in total. The standard InChI is InChI=1S/C28H27F6NO5S/c1-41(38,39)25-15-21(14-24(30)22(25)16-26(36)37)40-13-3-11-35(12-10-18-6-8-20(29)9-7-18)17-19-4-2-5-23(27(19)31)28(32,33)34/h2,4-9,14-15H,3,10-13,16-17H2,1H3,(H,36,37). The Hall–Kier alpha value is -3.58. The van der Waals surface area contributed by atoms with Gasteiger partial charge in [0.15, 0.2) is 9.84 Å². The molecule has 0 aliphatic carbocycles. The number of nitrogens with zero attached hydrogens (tertiary/aromatic N) is 1. The third kappa shape index (κ3) is 9.22. The Morgan fingerprint density at radius 2 is 1.68 bits per heavy atom. The predicted molar refractivity (Wildman–Crippen MR) is 138 cm³/mol. The van der Waals surface area contributed by atoms with Crippen LogP contribution in [-0.2, 0) is 40.2 Å². The molecule has 0 unspecified atom stereocenters. The van der Waals surface area contributed by atoms with Crippen LogP contribution < -0.4 is 4.74 Å². The number of hydrogen-bond acceptors (Lipinski definition) is 5. The molecule has 13 heteroatoms. The highest BCUT2D eigenvalue weighted by Crippen LogP contribution is 2.33. The van der Waals surface area contributed by atoms with E-state index >= 15 is 0 Å². The van der Waals surface area contributed by atoms with Gasteiger partial charge < -0.3 is 9.84 Å². The number of halogens is 6. The van der Waals surface area contributed by atoms with E-state index in [4.69, 9.17) is 9.84 Å². The minimum Gasteiger partial charge on any atom is -0.493 e. The van der Waals surface area contributed by atoms with Crippen LogP contribution in [0, 0.1) is 17.5 Å². The Kier molecular flexibility index (Phi) is 10.4. The molecule has 0 spiro atoms. The van der Waals surface area contributed by atoms with Crippen LogP contribution in [0.3, 0.4) is 0 Å². The molecule has 0 radical (unpaired) electrons. The van der Waals surface area contributed by atoms with E-state index in [1.165, 1.54) is 18.2 Å². The molecule has 0 fully saturated rings. The third-order valence-corrected chi connectivity index (χ3v) is 7.31. The van der Waals surface area contributed by atoms with Crippen molar-refractivity contribution in [3.05, 3.63) is 94.3 Å². The predicted octanol–water partition coefficient (Wildman–Crippen LogP) is 5.67. The summed E-state index contributed by atoms with van der Waals surface area (Å²) in [6.07, 6.45) is -4.29. The summed E-state index contributed by atoms with van der Waals surface area (Å²) in [4.78, 5) is 12.2. The number of carbonyl (C=O) groups is 1. The molecule has 0 aromatic heterocycles. The molecule has 0 atom stereocenters. The second kappa shape index (κ2) is 13.4. The number of aliphatic carboxylic acids is 1. The van der Waals surface area contributed by atoms with Crippen LogP contribution in [0.1, 0.15) is 28.7 Å². The molecule has 0 amide bonds. The monoisotopic (exact) mass is 603 g/mol. The molecule has 3 aromatic rings. The molecular formula is C28H27F6NO5S. The fraction of sp³-hybridized carbons (Fsp3) is 0.321. The summed E-state index contributed by atoms with van der Waals surface area (Å²) < 4.78 is 112. The van der Waals surface area contributed by atoms with Gasteiger partial charge in [-0.15, -0.1) is 0 Å². The molecule has 222 valence electrons. The number of hydrogen-bond donors (Lipinski definition) is 1. The highest BCUT2D eigenvalue weighted by atomic mass is 32.2. The molecule has 41 heavy (non-hydrogen) atoms. The van der Waals surface area contributed by atoms with E-state index in [0.717, 1.165) is 30.0 Å². The lowest BCUT2D eigenvalue weighted by molar-refractivity contribution is -0.140. The van der Waals surface area contributed by atoms with Crippen molar-refractivity contribution in [1.29, 1.82) is 0 Å². The van der Waals surface area contributed by atoms with Gasteiger partial charge in [0.05, 0.1) is 23.5 Å². The number of carboxylic acid groups (broad SMARTS) is 1. The summed E-state index contributed by atoms with van der Waals surface area (Å²) in [7, 11) is -3.99. The molecule has 0 bridgehead atoms. The van der Waals surface area contributed by atoms with Crippen LogP contribution in [0.4, 0.5) is 26.3 Å².